The lowest BCUT2D eigenvalue weighted by Gasteiger charge is -2.28. The molecular formula is C21H26NO5S-. The molecule has 0 radical (unpaired) electrons. The van der Waals surface area contributed by atoms with E-state index in [0.29, 0.717) is 22.9 Å². The van der Waals surface area contributed by atoms with Gasteiger partial charge in [-0.25, -0.2) is 4.79 Å². The molecule has 3 atom stereocenters. The van der Waals surface area contributed by atoms with Crippen LogP contribution in [0, 0.1) is 17.8 Å². The number of carboxylic acids is 1. The quantitative estimate of drug-likeness (QED) is 0.601. The average Bonchev–Trinajstić information content (AvgIpc) is 2.97. The first-order chi connectivity index (χ1) is 13.3. The minimum Gasteiger partial charge on any atom is -0.550 e. The van der Waals surface area contributed by atoms with E-state index >= 15 is 0 Å². The number of carboxylic acid groups (broad SMARTS) is 1. The van der Waals surface area contributed by atoms with Crippen LogP contribution in [-0.4, -0.2) is 23.9 Å². The van der Waals surface area contributed by atoms with Gasteiger partial charge in [0, 0.05) is 16.8 Å². The van der Waals surface area contributed by atoms with E-state index < -0.39 is 23.8 Å². The summed E-state index contributed by atoms with van der Waals surface area (Å²) in [5.41, 5.74) is 1.40. The molecule has 0 spiro atoms. The number of carbonyl (C=O) groups excluding carboxylic acids is 3. The lowest BCUT2D eigenvalue weighted by atomic mass is 9.82. The molecule has 1 amide bonds. The van der Waals surface area contributed by atoms with Gasteiger partial charge in [-0.15, -0.1) is 11.3 Å². The zero-order valence-electron chi connectivity index (χ0n) is 16.4. The first-order valence-corrected chi connectivity index (χ1v) is 10.6. The summed E-state index contributed by atoms with van der Waals surface area (Å²) in [4.78, 5) is 38.1. The van der Waals surface area contributed by atoms with Crippen LogP contribution in [0.5, 0.6) is 0 Å². The summed E-state index contributed by atoms with van der Waals surface area (Å²) in [6.45, 7) is 5.75. The van der Waals surface area contributed by atoms with Crippen LogP contribution in [0.15, 0.2) is 12.2 Å². The zero-order valence-corrected chi connectivity index (χ0v) is 17.3. The second-order valence-electron chi connectivity index (χ2n) is 7.97. The minimum absolute atomic E-state index is 0.264. The molecule has 2 aliphatic carbocycles. The summed E-state index contributed by atoms with van der Waals surface area (Å²) >= 11 is 1.41. The number of hydrogen-bond donors (Lipinski definition) is 1. The Hall–Kier alpha value is -2.15. The van der Waals surface area contributed by atoms with Gasteiger partial charge in [-0.3, -0.25) is 4.79 Å². The van der Waals surface area contributed by atoms with Crippen molar-refractivity contribution < 1.29 is 24.2 Å². The number of anilines is 1. The van der Waals surface area contributed by atoms with E-state index in [1.54, 1.807) is 19.9 Å². The number of fused-ring (bicyclic) bond motifs is 1. The predicted octanol–water partition coefficient (Wildman–Crippen LogP) is 2.71. The van der Waals surface area contributed by atoms with Gasteiger partial charge in [0.15, 0.2) is 0 Å². The fraction of sp³-hybridized carbons (Fsp3) is 0.571. The van der Waals surface area contributed by atoms with Crippen molar-refractivity contribution in [2.24, 2.45) is 17.8 Å². The van der Waals surface area contributed by atoms with E-state index in [2.05, 4.69) is 12.2 Å². The number of esters is 1. The molecule has 0 unspecified atom stereocenters. The number of carbonyl (C=O) groups is 3. The third-order valence-corrected chi connectivity index (χ3v) is 6.54. The van der Waals surface area contributed by atoms with Crippen molar-refractivity contribution >= 4 is 34.2 Å². The van der Waals surface area contributed by atoms with Gasteiger partial charge in [0.25, 0.3) is 0 Å². The normalized spacial score (nSPS) is 23.9. The van der Waals surface area contributed by atoms with Gasteiger partial charge < -0.3 is 20.0 Å². The molecule has 0 aromatic carbocycles. The lowest BCUT2D eigenvalue weighted by Crippen LogP contribution is -2.41. The van der Waals surface area contributed by atoms with Crippen molar-refractivity contribution in [2.45, 2.75) is 59.0 Å². The number of thiophene rings is 1. The second-order valence-corrected chi connectivity index (χ2v) is 9.08. The third-order valence-electron chi connectivity index (χ3n) is 5.37. The fourth-order valence-corrected chi connectivity index (χ4v) is 5.30. The molecule has 0 aliphatic heterocycles. The fourth-order valence-electron chi connectivity index (χ4n) is 3.90. The molecule has 1 aromatic heterocycles. The van der Waals surface area contributed by atoms with E-state index in [1.807, 2.05) is 6.08 Å². The number of amides is 1. The van der Waals surface area contributed by atoms with Gasteiger partial charge in [0.2, 0.25) is 5.91 Å². The van der Waals surface area contributed by atoms with Crippen molar-refractivity contribution in [3.63, 3.8) is 0 Å². The van der Waals surface area contributed by atoms with Crippen molar-refractivity contribution in [3.8, 4) is 0 Å². The summed E-state index contributed by atoms with van der Waals surface area (Å²) in [6.07, 6.45) is 6.57. The van der Waals surface area contributed by atoms with E-state index in [-0.39, 0.29) is 18.4 Å². The van der Waals surface area contributed by atoms with Crippen LogP contribution in [0.25, 0.3) is 0 Å². The molecule has 7 heteroatoms. The second kappa shape index (κ2) is 8.47. The smallest absolute Gasteiger partial charge is 0.341 e. The molecule has 152 valence electrons. The maximum atomic E-state index is 12.9. The van der Waals surface area contributed by atoms with Crippen LogP contribution in [0.1, 0.15) is 60.8 Å². The molecule has 6 nitrogen and oxygen atoms in total. The Morgan fingerprint density at radius 2 is 1.89 bits per heavy atom. The van der Waals surface area contributed by atoms with Gasteiger partial charge in [-0.05, 0) is 57.4 Å². The highest BCUT2D eigenvalue weighted by atomic mass is 32.1. The molecule has 0 fully saturated rings. The summed E-state index contributed by atoms with van der Waals surface area (Å²) in [5, 5.41) is 14.7. The van der Waals surface area contributed by atoms with Gasteiger partial charge in [0.1, 0.15) is 5.00 Å². The van der Waals surface area contributed by atoms with E-state index in [0.717, 1.165) is 29.7 Å². The Balaban J connectivity index is 1.90. The highest BCUT2D eigenvalue weighted by Crippen LogP contribution is 2.41. The minimum atomic E-state index is -1.22. The average molecular weight is 405 g/mol. The molecular weight excluding hydrogens is 378 g/mol. The molecule has 3 rings (SSSR count). The zero-order chi connectivity index (χ0) is 20.4. The molecule has 1 heterocycles. The predicted molar refractivity (Wildman–Crippen MR) is 105 cm³/mol. The Labute approximate surface area is 169 Å². The van der Waals surface area contributed by atoms with Crippen LogP contribution < -0.4 is 10.4 Å². The van der Waals surface area contributed by atoms with Gasteiger partial charge in [-0.2, -0.15) is 0 Å². The maximum Gasteiger partial charge on any atom is 0.341 e. The topological polar surface area (TPSA) is 95.5 Å². The molecule has 0 saturated carbocycles. The Kier molecular flexibility index (Phi) is 6.23. The number of rotatable bonds is 5. The summed E-state index contributed by atoms with van der Waals surface area (Å²) in [6, 6.07) is 0. The number of nitrogens with one attached hydrogen (secondary N) is 1. The maximum absolute atomic E-state index is 12.9. The van der Waals surface area contributed by atoms with Crippen LogP contribution in [0.4, 0.5) is 5.00 Å². The van der Waals surface area contributed by atoms with Gasteiger partial charge in [0.05, 0.1) is 17.6 Å². The highest BCUT2D eigenvalue weighted by Gasteiger charge is 2.33. The molecule has 0 saturated heterocycles. The molecule has 1 N–H and O–H groups in total. The van der Waals surface area contributed by atoms with Crippen LogP contribution >= 0.6 is 11.3 Å². The molecule has 1 aromatic rings. The van der Waals surface area contributed by atoms with Crippen LogP contribution in [0.2, 0.25) is 0 Å². The van der Waals surface area contributed by atoms with Crippen LogP contribution in [0.3, 0.4) is 0 Å². The monoisotopic (exact) mass is 404 g/mol. The number of allylic oxidation sites excluding steroid dienone is 2. The molecule has 28 heavy (non-hydrogen) atoms. The van der Waals surface area contributed by atoms with Crippen molar-refractivity contribution in [1.29, 1.82) is 0 Å². The molecule has 0 bridgehead atoms. The highest BCUT2D eigenvalue weighted by molar-refractivity contribution is 7.17. The van der Waals surface area contributed by atoms with Crippen molar-refractivity contribution in [1.82, 2.24) is 0 Å². The standard InChI is InChI=1S/C21H27NO5S/c1-11(2)27-21(26)17-15-9-8-12(3)10-16(15)28-19(17)22-18(23)13-6-4-5-7-14(13)20(24)25/h4-5,11-14H,6-10H2,1-3H3,(H,22,23)(H,24,25)/p-1/t12-,13-,14-/m0/s1. The largest absolute Gasteiger partial charge is 0.550 e. The third kappa shape index (κ3) is 4.29. The first-order valence-electron chi connectivity index (χ1n) is 9.80. The summed E-state index contributed by atoms with van der Waals surface area (Å²) in [7, 11) is 0. The van der Waals surface area contributed by atoms with Crippen molar-refractivity contribution in [2.75, 3.05) is 5.32 Å². The summed E-state index contributed by atoms with van der Waals surface area (Å²) in [5.74, 6) is -3.08. The van der Waals surface area contributed by atoms with E-state index in [1.165, 1.54) is 11.3 Å². The SMILES string of the molecule is CC(C)OC(=O)c1c(NC(=O)[C@H]2CC=CC[C@@H]2C(=O)[O-])sc2c1CC[C@H](C)C2. The van der Waals surface area contributed by atoms with Gasteiger partial charge in [-0.1, -0.05) is 19.1 Å². The van der Waals surface area contributed by atoms with Crippen molar-refractivity contribution in [3.05, 3.63) is 28.2 Å². The Morgan fingerprint density at radius 1 is 1.21 bits per heavy atom. The molecule has 2 aliphatic rings. The first kappa shape index (κ1) is 20.6. The number of aliphatic carboxylic acids is 1. The van der Waals surface area contributed by atoms with E-state index in [4.69, 9.17) is 4.74 Å². The lowest BCUT2D eigenvalue weighted by molar-refractivity contribution is -0.313. The van der Waals surface area contributed by atoms with E-state index in [9.17, 15) is 19.5 Å². The number of ether oxygens (including phenoxy) is 1. The Bertz CT molecular complexity index is 810. The Morgan fingerprint density at radius 3 is 2.54 bits per heavy atom. The summed E-state index contributed by atoms with van der Waals surface area (Å²) < 4.78 is 5.42. The number of hydrogen-bond acceptors (Lipinski definition) is 6. The van der Waals surface area contributed by atoms with Gasteiger partial charge >= 0.3 is 5.97 Å². The van der Waals surface area contributed by atoms with Crippen LogP contribution in [-0.2, 0) is 27.2 Å².